The first-order valence-electron chi connectivity index (χ1n) is 5.42. The molecule has 0 saturated heterocycles. The second-order valence-corrected chi connectivity index (χ2v) is 3.84. The van der Waals surface area contributed by atoms with Gasteiger partial charge in [0.15, 0.2) is 0 Å². The van der Waals surface area contributed by atoms with Crippen LogP contribution in [0.15, 0.2) is 36.5 Å². The van der Waals surface area contributed by atoms with Crippen molar-refractivity contribution in [3.63, 3.8) is 0 Å². The van der Waals surface area contributed by atoms with Gasteiger partial charge in [-0.2, -0.15) is 5.26 Å². The third-order valence-corrected chi connectivity index (χ3v) is 2.45. The minimum atomic E-state index is -0.615. The Hall–Kier alpha value is -3.07. The first-order chi connectivity index (χ1) is 9.10. The molecule has 0 radical (unpaired) electrons. The molecule has 0 unspecified atom stereocenters. The highest BCUT2D eigenvalue weighted by molar-refractivity contribution is 5.99. The topological polar surface area (TPSA) is 118 Å². The Morgan fingerprint density at radius 1 is 1.32 bits per heavy atom. The Morgan fingerprint density at radius 2 is 2.00 bits per heavy atom. The van der Waals surface area contributed by atoms with E-state index in [1.165, 1.54) is 12.3 Å². The zero-order chi connectivity index (χ0) is 13.8. The number of benzene rings is 1. The number of anilines is 3. The number of nitrogens with two attached hydrogens (primary N) is 2. The molecular formula is C13H11N5O. The van der Waals surface area contributed by atoms with Crippen molar-refractivity contribution < 1.29 is 4.79 Å². The van der Waals surface area contributed by atoms with E-state index in [1.54, 1.807) is 24.3 Å². The van der Waals surface area contributed by atoms with Gasteiger partial charge in [0.1, 0.15) is 5.82 Å². The Kier molecular flexibility index (Phi) is 3.30. The highest BCUT2D eigenvalue weighted by Crippen LogP contribution is 2.20. The number of aromatic nitrogens is 1. The molecule has 6 heteroatoms. The standard InChI is InChI=1S/C13H11N5O/c14-6-8-1-3-10(4-2-8)18-13-11(12(16)19)5-9(15)7-17-13/h1-5,7H,15H2,(H2,16,19)(H,17,18). The number of carbonyl (C=O) groups excluding carboxylic acids is 1. The van der Waals surface area contributed by atoms with Crippen molar-refractivity contribution in [2.75, 3.05) is 11.1 Å². The second-order valence-electron chi connectivity index (χ2n) is 3.84. The molecule has 0 aliphatic heterocycles. The van der Waals surface area contributed by atoms with Crippen LogP contribution in [0.4, 0.5) is 17.2 Å². The number of nitrogens with one attached hydrogen (secondary N) is 1. The van der Waals surface area contributed by atoms with Crippen LogP contribution in [0.1, 0.15) is 15.9 Å². The number of carbonyl (C=O) groups is 1. The molecule has 0 aliphatic carbocycles. The first kappa shape index (κ1) is 12.4. The van der Waals surface area contributed by atoms with E-state index in [4.69, 9.17) is 16.7 Å². The number of primary amides is 1. The van der Waals surface area contributed by atoms with E-state index in [9.17, 15) is 4.79 Å². The van der Waals surface area contributed by atoms with Crippen molar-refractivity contribution in [3.8, 4) is 6.07 Å². The number of rotatable bonds is 3. The molecule has 1 heterocycles. The molecule has 19 heavy (non-hydrogen) atoms. The van der Waals surface area contributed by atoms with Gasteiger partial charge in [0.2, 0.25) is 0 Å². The fourth-order valence-corrected chi connectivity index (χ4v) is 1.53. The molecule has 2 aromatic rings. The lowest BCUT2D eigenvalue weighted by atomic mass is 10.2. The Morgan fingerprint density at radius 3 is 2.58 bits per heavy atom. The van der Waals surface area contributed by atoms with Crippen LogP contribution in [-0.2, 0) is 0 Å². The number of nitriles is 1. The average Bonchev–Trinajstić information content (AvgIpc) is 2.41. The van der Waals surface area contributed by atoms with Gasteiger partial charge in [-0.3, -0.25) is 4.79 Å². The Labute approximate surface area is 109 Å². The molecule has 2 rings (SSSR count). The van der Waals surface area contributed by atoms with Crippen LogP contribution in [0.2, 0.25) is 0 Å². The number of nitrogen functional groups attached to an aromatic ring is 1. The average molecular weight is 253 g/mol. The summed E-state index contributed by atoms with van der Waals surface area (Å²) in [4.78, 5) is 15.3. The largest absolute Gasteiger partial charge is 0.397 e. The minimum absolute atomic E-state index is 0.212. The predicted octanol–water partition coefficient (Wildman–Crippen LogP) is 1.38. The first-order valence-corrected chi connectivity index (χ1v) is 5.42. The van der Waals surface area contributed by atoms with Gasteiger partial charge in [0.05, 0.1) is 29.1 Å². The summed E-state index contributed by atoms with van der Waals surface area (Å²) in [6.45, 7) is 0. The third-order valence-electron chi connectivity index (χ3n) is 2.45. The Balaban J connectivity index is 2.32. The second kappa shape index (κ2) is 5.06. The van der Waals surface area contributed by atoms with Crippen molar-refractivity contribution in [1.29, 1.82) is 5.26 Å². The molecule has 0 fully saturated rings. The molecule has 6 nitrogen and oxygen atoms in total. The smallest absolute Gasteiger partial charge is 0.252 e. The SMILES string of the molecule is N#Cc1ccc(Nc2ncc(N)cc2C(N)=O)cc1. The van der Waals surface area contributed by atoms with E-state index >= 15 is 0 Å². The molecule has 94 valence electrons. The zero-order valence-electron chi connectivity index (χ0n) is 9.92. The van der Waals surface area contributed by atoms with Gasteiger partial charge in [0, 0.05) is 5.69 Å². The van der Waals surface area contributed by atoms with Gasteiger partial charge in [0.25, 0.3) is 5.91 Å². The lowest BCUT2D eigenvalue weighted by Crippen LogP contribution is -2.14. The van der Waals surface area contributed by atoms with Gasteiger partial charge in [-0.25, -0.2) is 4.98 Å². The minimum Gasteiger partial charge on any atom is -0.397 e. The van der Waals surface area contributed by atoms with E-state index in [2.05, 4.69) is 10.3 Å². The summed E-state index contributed by atoms with van der Waals surface area (Å²) in [6.07, 6.45) is 1.43. The molecule has 1 aromatic carbocycles. The third kappa shape index (κ3) is 2.79. The number of hydrogen-bond donors (Lipinski definition) is 3. The lowest BCUT2D eigenvalue weighted by molar-refractivity contribution is 0.100. The van der Waals surface area contributed by atoms with Crippen LogP contribution < -0.4 is 16.8 Å². The number of amides is 1. The van der Waals surface area contributed by atoms with Crippen LogP contribution in [0.25, 0.3) is 0 Å². The van der Waals surface area contributed by atoms with Gasteiger partial charge >= 0.3 is 0 Å². The van der Waals surface area contributed by atoms with E-state index in [1.807, 2.05) is 6.07 Å². The lowest BCUT2D eigenvalue weighted by Gasteiger charge is -2.09. The van der Waals surface area contributed by atoms with Crippen molar-refractivity contribution in [3.05, 3.63) is 47.7 Å². The van der Waals surface area contributed by atoms with Gasteiger partial charge in [-0.1, -0.05) is 0 Å². The maximum atomic E-state index is 11.3. The summed E-state index contributed by atoms with van der Waals surface area (Å²) in [5.74, 6) is -0.289. The highest BCUT2D eigenvalue weighted by atomic mass is 16.1. The molecule has 1 amide bonds. The van der Waals surface area contributed by atoms with Crippen molar-refractivity contribution in [2.24, 2.45) is 5.73 Å². The van der Waals surface area contributed by atoms with Crippen molar-refractivity contribution in [1.82, 2.24) is 4.98 Å². The fourth-order valence-electron chi connectivity index (χ4n) is 1.53. The number of pyridine rings is 1. The van der Waals surface area contributed by atoms with Crippen LogP contribution in [0, 0.1) is 11.3 Å². The van der Waals surface area contributed by atoms with Crippen LogP contribution in [0.5, 0.6) is 0 Å². The van der Waals surface area contributed by atoms with E-state index in [-0.39, 0.29) is 5.56 Å². The highest BCUT2D eigenvalue weighted by Gasteiger charge is 2.10. The zero-order valence-corrected chi connectivity index (χ0v) is 9.92. The molecular weight excluding hydrogens is 242 g/mol. The summed E-state index contributed by atoms with van der Waals surface area (Å²) < 4.78 is 0. The van der Waals surface area contributed by atoms with Crippen LogP contribution in [0.3, 0.4) is 0 Å². The monoisotopic (exact) mass is 253 g/mol. The molecule has 5 N–H and O–H groups in total. The van der Waals surface area contributed by atoms with Gasteiger partial charge < -0.3 is 16.8 Å². The number of hydrogen-bond acceptors (Lipinski definition) is 5. The van der Waals surface area contributed by atoms with E-state index in [0.717, 1.165) is 0 Å². The summed E-state index contributed by atoms with van der Waals surface area (Å²) in [5, 5.41) is 11.7. The molecule has 0 bridgehead atoms. The van der Waals surface area contributed by atoms with Gasteiger partial charge in [-0.05, 0) is 30.3 Å². The quantitative estimate of drug-likeness (QED) is 0.763. The van der Waals surface area contributed by atoms with Crippen LogP contribution in [-0.4, -0.2) is 10.9 Å². The fraction of sp³-hybridized carbons (Fsp3) is 0. The van der Waals surface area contributed by atoms with Crippen molar-refractivity contribution in [2.45, 2.75) is 0 Å². The van der Waals surface area contributed by atoms with E-state index in [0.29, 0.717) is 22.8 Å². The normalized spacial score (nSPS) is 9.63. The molecule has 1 aromatic heterocycles. The van der Waals surface area contributed by atoms with E-state index < -0.39 is 5.91 Å². The molecule has 0 saturated carbocycles. The number of nitrogens with zero attached hydrogens (tertiary/aromatic N) is 2. The summed E-state index contributed by atoms with van der Waals surface area (Å²) >= 11 is 0. The molecule has 0 atom stereocenters. The van der Waals surface area contributed by atoms with Crippen LogP contribution >= 0.6 is 0 Å². The Bertz CT molecular complexity index is 658. The van der Waals surface area contributed by atoms with Gasteiger partial charge in [-0.15, -0.1) is 0 Å². The maximum absolute atomic E-state index is 11.3. The van der Waals surface area contributed by atoms with Crippen molar-refractivity contribution >= 4 is 23.1 Å². The molecule has 0 spiro atoms. The molecule has 0 aliphatic rings. The predicted molar refractivity (Wildman–Crippen MR) is 71.6 cm³/mol. The summed E-state index contributed by atoms with van der Waals surface area (Å²) in [6, 6.07) is 10.2. The summed E-state index contributed by atoms with van der Waals surface area (Å²) in [7, 11) is 0. The maximum Gasteiger partial charge on any atom is 0.252 e. The summed E-state index contributed by atoms with van der Waals surface area (Å²) in [5.41, 5.74) is 12.6.